The summed E-state index contributed by atoms with van der Waals surface area (Å²) in [5.74, 6) is -0.568. The Hall–Kier alpha value is -2.78. The molecular weight excluding hydrogens is 375 g/mol. The van der Waals surface area contributed by atoms with Crippen molar-refractivity contribution in [1.82, 2.24) is 25.0 Å². The molecule has 29 heavy (non-hydrogen) atoms. The van der Waals surface area contributed by atoms with Crippen LogP contribution in [0.1, 0.15) is 19.4 Å². The zero-order valence-electron chi connectivity index (χ0n) is 16.7. The lowest BCUT2D eigenvalue weighted by molar-refractivity contribution is -0.139. The third kappa shape index (κ3) is 3.01. The molecule has 8 nitrogen and oxygen atoms in total. The number of amides is 3. The molecule has 3 heterocycles. The van der Waals surface area contributed by atoms with Crippen molar-refractivity contribution in [3.8, 4) is 0 Å². The van der Waals surface area contributed by atoms with Gasteiger partial charge >= 0.3 is 6.03 Å². The van der Waals surface area contributed by atoms with Gasteiger partial charge in [-0.1, -0.05) is 24.3 Å². The summed E-state index contributed by atoms with van der Waals surface area (Å²) in [6.45, 7) is 7.93. The summed E-state index contributed by atoms with van der Waals surface area (Å²) in [4.78, 5) is 30.7. The van der Waals surface area contributed by atoms with E-state index in [1.54, 1.807) is 36.3 Å². The molecule has 3 aliphatic rings. The number of carbonyl (C=O) groups excluding carboxylic acids is 2. The summed E-state index contributed by atoms with van der Waals surface area (Å²) >= 11 is 0. The van der Waals surface area contributed by atoms with Crippen LogP contribution in [0.4, 0.5) is 9.18 Å². The Kier molecular flexibility index (Phi) is 4.87. The molecule has 4 atom stereocenters. The second-order valence-corrected chi connectivity index (χ2v) is 7.61. The highest BCUT2D eigenvalue weighted by Gasteiger charge is 2.57. The number of nitrogens with zero attached hydrogens (tertiary/aromatic N) is 5. The zero-order valence-corrected chi connectivity index (χ0v) is 16.7. The Morgan fingerprint density at radius 2 is 2.03 bits per heavy atom. The predicted molar refractivity (Wildman–Crippen MR) is 106 cm³/mol. The molecule has 4 rings (SSSR count). The average molecular weight is 400 g/mol. The van der Waals surface area contributed by atoms with Crippen LogP contribution in [0.25, 0.3) is 0 Å². The van der Waals surface area contributed by atoms with E-state index in [0.717, 1.165) is 5.71 Å². The van der Waals surface area contributed by atoms with Crippen molar-refractivity contribution in [2.75, 3.05) is 13.6 Å². The van der Waals surface area contributed by atoms with Crippen LogP contribution in [-0.4, -0.2) is 75.5 Å². The highest BCUT2D eigenvalue weighted by atomic mass is 19.1. The summed E-state index contributed by atoms with van der Waals surface area (Å²) in [5.41, 5.74) is 1.34. The normalized spacial score (nSPS) is 29.7. The van der Waals surface area contributed by atoms with Crippen molar-refractivity contribution < 1.29 is 14.0 Å². The lowest BCUT2D eigenvalue weighted by Crippen LogP contribution is -2.67. The number of carbonyl (C=O) groups is 2. The minimum Gasteiger partial charge on any atom is -0.310 e. The van der Waals surface area contributed by atoms with E-state index in [4.69, 9.17) is 0 Å². The van der Waals surface area contributed by atoms with Crippen molar-refractivity contribution in [3.05, 3.63) is 48.3 Å². The summed E-state index contributed by atoms with van der Waals surface area (Å²) in [6, 6.07) is 5.52. The van der Waals surface area contributed by atoms with E-state index in [2.05, 4.69) is 17.0 Å². The van der Waals surface area contributed by atoms with E-state index in [1.807, 2.05) is 18.7 Å². The van der Waals surface area contributed by atoms with Crippen LogP contribution in [0.2, 0.25) is 0 Å². The first kappa shape index (κ1) is 19.5. The summed E-state index contributed by atoms with van der Waals surface area (Å²) in [5, 5.41) is 9.77. The van der Waals surface area contributed by atoms with Gasteiger partial charge in [-0.2, -0.15) is 5.10 Å². The maximum absolute atomic E-state index is 14.2. The SMILES string of the molecule is C=CCN1C(=O)C2C(NC3N(Cc4ccccc4F)N=C(C)C(C)N23)N(C)C1=O. The fourth-order valence-electron chi connectivity index (χ4n) is 4.26. The molecule has 0 bridgehead atoms. The van der Waals surface area contributed by atoms with E-state index >= 15 is 0 Å². The minimum atomic E-state index is -0.564. The van der Waals surface area contributed by atoms with Gasteiger partial charge in [-0.25, -0.2) is 14.1 Å². The molecule has 3 aliphatic heterocycles. The van der Waals surface area contributed by atoms with Gasteiger partial charge in [0.05, 0.1) is 18.3 Å². The van der Waals surface area contributed by atoms with Gasteiger partial charge in [-0.3, -0.25) is 20.0 Å². The van der Waals surface area contributed by atoms with E-state index in [9.17, 15) is 14.0 Å². The van der Waals surface area contributed by atoms with Crippen LogP contribution in [0.15, 0.2) is 42.0 Å². The molecule has 3 amide bonds. The van der Waals surface area contributed by atoms with Crippen LogP contribution in [-0.2, 0) is 11.3 Å². The first-order chi connectivity index (χ1) is 13.8. The van der Waals surface area contributed by atoms with Crippen LogP contribution < -0.4 is 5.32 Å². The van der Waals surface area contributed by atoms with Gasteiger partial charge in [0, 0.05) is 19.2 Å². The van der Waals surface area contributed by atoms with E-state index in [1.165, 1.54) is 15.9 Å². The van der Waals surface area contributed by atoms with Gasteiger partial charge in [0.15, 0.2) is 6.29 Å². The minimum absolute atomic E-state index is 0.115. The number of fused-ring (bicyclic) bond motifs is 3. The number of benzene rings is 1. The molecule has 0 saturated carbocycles. The first-order valence-electron chi connectivity index (χ1n) is 9.63. The van der Waals surface area contributed by atoms with Crippen molar-refractivity contribution in [1.29, 1.82) is 0 Å². The smallest absolute Gasteiger partial charge is 0.310 e. The summed E-state index contributed by atoms with van der Waals surface area (Å²) in [7, 11) is 1.67. The molecule has 0 radical (unpaired) electrons. The summed E-state index contributed by atoms with van der Waals surface area (Å²) < 4.78 is 14.2. The Bertz CT molecular complexity index is 889. The number of nitrogens with one attached hydrogen (secondary N) is 1. The second kappa shape index (κ2) is 7.23. The van der Waals surface area contributed by atoms with Gasteiger partial charge in [-0.15, -0.1) is 6.58 Å². The maximum Gasteiger partial charge on any atom is 0.328 e. The Labute approximate surface area is 169 Å². The number of imide groups is 1. The van der Waals surface area contributed by atoms with Crippen LogP contribution >= 0.6 is 0 Å². The monoisotopic (exact) mass is 400 g/mol. The second-order valence-electron chi connectivity index (χ2n) is 7.61. The number of halogens is 1. The van der Waals surface area contributed by atoms with Crippen molar-refractivity contribution in [2.45, 2.75) is 44.9 Å². The molecule has 0 aromatic heterocycles. The molecule has 9 heteroatoms. The van der Waals surface area contributed by atoms with Crippen LogP contribution in [0.5, 0.6) is 0 Å². The van der Waals surface area contributed by atoms with Crippen molar-refractivity contribution in [3.63, 3.8) is 0 Å². The number of hydrogen-bond acceptors (Lipinski definition) is 6. The molecular formula is C20H25FN6O2. The topological polar surface area (TPSA) is 71.5 Å². The fraction of sp³-hybridized carbons (Fsp3) is 0.450. The highest BCUT2D eigenvalue weighted by molar-refractivity contribution is 6.01. The van der Waals surface area contributed by atoms with Crippen molar-refractivity contribution in [2.24, 2.45) is 5.10 Å². The standard InChI is InChI=1S/C20H25FN6O2/c1-5-10-25-18(28)16-17(24(4)20(25)29)22-19-26(23-12(2)13(3)27(16)19)11-14-8-6-7-9-15(14)21/h5-9,13,16-17,19,22H,1,10-11H2,2-4H3. The molecule has 1 aromatic rings. The van der Waals surface area contributed by atoms with Crippen LogP contribution in [0.3, 0.4) is 0 Å². The number of likely N-dealkylation sites (N-methyl/N-ethyl adjacent to an activating group) is 1. The quantitative estimate of drug-likeness (QED) is 0.773. The Morgan fingerprint density at radius 1 is 1.31 bits per heavy atom. The van der Waals surface area contributed by atoms with Gasteiger partial charge in [-0.05, 0) is 19.9 Å². The first-order valence-corrected chi connectivity index (χ1v) is 9.63. The van der Waals surface area contributed by atoms with Gasteiger partial charge < -0.3 is 4.90 Å². The summed E-state index contributed by atoms with van der Waals surface area (Å²) in [6.07, 6.45) is 0.611. The molecule has 0 aliphatic carbocycles. The molecule has 4 unspecified atom stereocenters. The predicted octanol–water partition coefficient (Wildman–Crippen LogP) is 1.37. The Balaban J connectivity index is 1.69. The van der Waals surface area contributed by atoms with Gasteiger partial charge in [0.25, 0.3) is 5.91 Å². The van der Waals surface area contributed by atoms with Crippen LogP contribution in [0, 0.1) is 5.82 Å². The largest absolute Gasteiger partial charge is 0.328 e. The molecule has 0 spiro atoms. The number of hydrazone groups is 1. The van der Waals surface area contributed by atoms with E-state index in [-0.39, 0.29) is 36.9 Å². The molecule has 154 valence electrons. The lowest BCUT2D eigenvalue weighted by atomic mass is 10.1. The third-order valence-electron chi connectivity index (χ3n) is 5.91. The third-order valence-corrected chi connectivity index (χ3v) is 5.91. The van der Waals surface area contributed by atoms with E-state index < -0.39 is 18.5 Å². The highest BCUT2D eigenvalue weighted by Crippen LogP contribution is 2.33. The zero-order chi connectivity index (χ0) is 20.9. The fourth-order valence-corrected chi connectivity index (χ4v) is 4.26. The van der Waals surface area contributed by atoms with Gasteiger partial charge in [0.2, 0.25) is 0 Å². The van der Waals surface area contributed by atoms with E-state index in [0.29, 0.717) is 5.56 Å². The average Bonchev–Trinajstić information content (AvgIpc) is 3.10. The van der Waals surface area contributed by atoms with Gasteiger partial charge in [0.1, 0.15) is 18.0 Å². The molecule has 1 N–H and O–H groups in total. The number of rotatable bonds is 4. The number of hydrogen-bond donors (Lipinski definition) is 1. The van der Waals surface area contributed by atoms with Crippen molar-refractivity contribution >= 4 is 17.6 Å². The molecule has 1 aromatic carbocycles. The molecule has 2 fully saturated rings. The Morgan fingerprint density at radius 3 is 2.72 bits per heavy atom. The lowest BCUT2D eigenvalue weighted by Gasteiger charge is -2.44. The number of urea groups is 1. The molecule has 2 saturated heterocycles. The maximum atomic E-state index is 14.2.